The van der Waals surface area contributed by atoms with E-state index in [2.05, 4.69) is 11.9 Å². The molecule has 1 saturated heterocycles. The number of nitrogens with zero attached hydrogens (tertiary/aromatic N) is 1. The van der Waals surface area contributed by atoms with E-state index in [1.807, 2.05) is 0 Å². The van der Waals surface area contributed by atoms with Crippen LogP contribution >= 0.6 is 0 Å². The summed E-state index contributed by atoms with van der Waals surface area (Å²) in [6.07, 6.45) is -1.53. The molecule has 0 bridgehead atoms. The zero-order valence-corrected chi connectivity index (χ0v) is 9.70. The molecule has 0 atom stereocenters. The standard InChI is InChI=1S/C8H17NO.C2HF3O2/c1-9-5-2-8(3-6-9)4-7-10;3-2(4,5)1(6)7/h8,10H,2-7H2,1H3;(H,6,7). The Morgan fingerprint density at radius 2 is 1.76 bits per heavy atom. The summed E-state index contributed by atoms with van der Waals surface area (Å²) in [7, 11) is 2.16. The first-order valence-electron chi connectivity index (χ1n) is 5.37. The normalized spacial score (nSPS) is 18.4. The molecule has 4 nitrogen and oxygen atoms in total. The van der Waals surface area contributed by atoms with Crippen molar-refractivity contribution in [2.45, 2.75) is 25.4 Å². The number of hydrogen-bond acceptors (Lipinski definition) is 3. The predicted octanol–water partition coefficient (Wildman–Crippen LogP) is 1.34. The van der Waals surface area contributed by atoms with Gasteiger partial charge in [0.2, 0.25) is 0 Å². The van der Waals surface area contributed by atoms with Crippen LogP contribution in [0.1, 0.15) is 19.3 Å². The molecule has 0 radical (unpaired) electrons. The Hall–Kier alpha value is -0.820. The molecule has 0 amide bonds. The number of halogens is 3. The largest absolute Gasteiger partial charge is 0.490 e. The van der Waals surface area contributed by atoms with E-state index in [1.165, 1.54) is 25.9 Å². The van der Waals surface area contributed by atoms with E-state index in [-0.39, 0.29) is 0 Å². The second-order valence-corrected chi connectivity index (χ2v) is 4.06. The summed E-state index contributed by atoms with van der Waals surface area (Å²) in [6.45, 7) is 2.80. The monoisotopic (exact) mass is 257 g/mol. The summed E-state index contributed by atoms with van der Waals surface area (Å²) in [4.78, 5) is 11.3. The average molecular weight is 257 g/mol. The molecule has 1 heterocycles. The fourth-order valence-electron chi connectivity index (χ4n) is 1.53. The molecule has 1 aliphatic heterocycles. The van der Waals surface area contributed by atoms with Gasteiger partial charge in [-0.3, -0.25) is 0 Å². The Morgan fingerprint density at radius 1 is 1.35 bits per heavy atom. The third-order valence-corrected chi connectivity index (χ3v) is 2.62. The van der Waals surface area contributed by atoms with Crippen molar-refractivity contribution in [1.82, 2.24) is 4.90 Å². The van der Waals surface area contributed by atoms with Crippen LogP contribution in [0, 0.1) is 5.92 Å². The first-order chi connectivity index (χ1) is 7.77. The van der Waals surface area contributed by atoms with Crippen molar-refractivity contribution in [3.63, 3.8) is 0 Å². The Balaban J connectivity index is 0.000000325. The van der Waals surface area contributed by atoms with Gasteiger partial charge in [-0.15, -0.1) is 0 Å². The number of aliphatic carboxylic acids is 1. The fourth-order valence-corrected chi connectivity index (χ4v) is 1.53. The summed E-state index contributed by atoms with van der Waals surface area (Å²) in [5.41, 5.74) is 0. The molecule has 0 aromatic rings. The van der Waals surface area contributed by atoms with Crippen LogP contribution in [-0.2, 0) is 4.79 Å². The van der Waals surface area contributed by atoms with Gasteiger partial charge in [0, 0.05) is 6.61 Å². The second-order valence-electron chi connectivity index (χ2n) is 4.06. The molecule has 0 aromatic heterocycles. The summed E-state index contributed by atoms with van der Waals surface area (Å²) >= 11 is 0. The number of likely N-dealkylation sites (tertiary alicyclic amines) is 1. The number of aliphatic hydroxyl groups is 1. The molecule has 2 N–H and O–H groups in total. The molecular formula is C10H18F3NO3. The van der Waals surface area contributed by atoms with Gasteiger partial charge in [-0.2, -0.15) is 13.2 Å². The number of hydrogen-bond donors (Lipinski definition) is 2. The van der Waals surface area contributed by atoms with Crippen molar-refractivity contribution in [2.24, 2.45) is 5.92 Å². The Labute approximate surface area is 98.0 Å². The number of carboxylic acid groups (broad SMARTS) is 1. The van der Waals surface area contributed by atoms with Gasteiger partial charge in [0.05, 0.1) is 0 Å². The van der Waals surface area contributed by atoms with Crippen molar-refractivity contribution in [3.05, 3.63) is 0 Å². The van der Waals surface area contributed by atoms with Gasteiger partial charge < -0.3 is 15.1 Å². The number of carboxylic acids is 1. The highest BCUT2D eigenvalue weighted by Gasteiger charge is 2.38. The van der Waals surface area contributed by atoms with Crippen LogP contribution in [0.2, 0.25) is 0 Å². The van der Waals surface area contributed by atoms with E-state index in [9.17, 15) is 13.2 Å². The van der Waals surface area contributed by atoms with E-state index < -0.39 is 12.1 Å². The maximum Gasteiger partial charge on any atom is 0.490 e. The lowest BCUT2D eigenvalue weighted by atomic mass is 9.94. The Morgan fingerprint density at radius 3 is 2.06 bits per heavy atom. The molecule has 1 rings (SSSR count). The fraction of sp³-hybridized carbons (Fsp3) is 0.900. The minimum Gasteiger partial charge on any atom is -0.475 e. The summed E-state index contributed by atoms with van der Waals surface area (Å²) in [5.74, 6) is -1.96. The molecule has 102 valence electrons. The second kappa shape index (κ2) is 7.50. The van der Waals surface area contributed by atoms with Crippen molar-refractivity contribution < 1.29 is 28.2 Å². The van der Waals surface area contributed by atoms with E-state index >= 15 is 0 Å². The van der Waals surface area contributed by atoms with E-state index in [1.54, 1.807) is 0 Å². The molecule has 0 spiro atoms. The molecule has 0 unspecified atom stereocenters. The first kappa shape index (κ1) is 16.2. The lowest BCUT2D eigenvalue weighted by Gasteiger charge is -2.28. The molecule has 0 aromatic carbocycles. The third kappa shape index (κ3) is 7.98. The van der Waals surface area contributed by atoms with Crippen molar-refractivity contribution in [2.75, 3.05) is 26.7 Å². The van der Waals surface area contributed by atoms with Crippen molar-refractivity contribution in [3.8, 4) is 0 Å². The minimum atomic E-state index is -5.08. The van der Waals surface area contributed by atoms with Crippen LogP contribution in [0.3, 0.4) is 0 Å². The average Bonchev–Trinajstić information content (AvgIpc) is 2.21. The lowest BCUT2D eigenvalue weighted by Crippen LogP contribution is -2.30. The lowest BCUT2D eigenvalue weighted by molar-refractivity contribution is -0.192. The maximum atomic E-state index is 10.6. The van der Waals surface area contributed by atoms with Crippen molar-refractivity contribution >= 4 is 5.97 Å². The number of carbonyl (C=O) groups is 1. The maximum absolute atomic E-state index is 10.6. The van der Waals surface area contributed by atoms with Crippen LogP contribution < -0.4 is 0 Å². The Kier molecular flexibility index (Phi) is 7.13. The summed E-state index contributed by atoms with van der Waals surface area (Å²) < 4.78 is 31.7. The zero-order valence-electron chi connectivity index (χ0n) is 9.70. The van der Waals surface area contributed by atoms with Crippen molar-refractivity contribution in [1.29, 1.82) is 0 Å². The highest BCUT2D eigenvalue weighted by Crippen LogP contribution is 2.18. The summed E-state index contributed by atoms with van der Waals surface area (Å²) in [6, 6.07) is 0. The van der Waals surface area contributed by atoms with Crippen LogP contribution in [-0.4, -0.2) is 54.0 Å². The minimum absolute atomic E-state index is 0.369. The number of aliphatic hydroxyl groups excluding tert-OH is 1. The van der Waals surface area contributed by atoms with E-state index in [0.29, 0.717) is 6.61 Å². The summed E-state index contributed by atoms with van der Waals surface area (Å²) in [5, 5.41) is 15.8. The highest BCUT2D eigenvalue weighted by molar-refractivity contribution is 5.73. The first-order valence-corrected chi connectivity index (χ1v) is 5.37. The Bertz CT molecular complexity index is 225. The van der Waals surface area contributed by atoms with Crippen LogP contribution in [0.25, 0.3) is 0 Å². The SMILES string of the molecule is CN1CCC(CCO)CC1.O=C(O)C(F)(F)F. The number of rotatable bonds is 2. The third-order valence-electron chi connectivity index (χ3n) is 2.62. The predicted molar refractivity (Wildman–Crippen MR) is 55.6 cm³/mol. The highest BCUT2D eigenvalue weighted by atomic mass is 19.4. The zero-order chi connectivity index (χ0) is 13.5. The van der Waals surface area contributed by atoms with Gasteiger partial charge in [-0.25, -0.2) is 4.79 Å². The number of alkyl halides is 3. The van der Waals surface area contributed by atoms with Crippen LogP contribution in [0.15, 0.2) is 0 Å². The van der Waals surface area contributed by atoms with Gasteiger partial charge in [0.1, 0.15) is 0 Å². The van der Waals surface area contributed by atoms with E-state index in [4.69, 9.17) is 15.0 Å². The molecule has 1 aliphatic rings. The quantitative estimate of drug-likeness (QED) is 0.783. The van der Waals surface area contributed by atoms with Gasteiger partial charge in [0.15, 0.2) is 0 Å². The number of piperidine rings is 1. The van der Waals surface area contributed by atoms with Gasteiger partial charge in [-0.1, -0.05) is 0 Å². The van der Waals surface area contributed by atoms with Gasteiger partial charge >= 0.3 is 12.1 Å². The smallest absolute Gasteiger partial charge is 0.475 e. The van der Waals surface area contributed by atoms with Crippen LogP contribution in [0.4, 0.5) is 13.2 Å². The molecular weight excluding hydrogens is 239 g/mol. The molecule has 17 heavy (non-hydrogen) atoms. The van der Waals surface area contributed by atoms with Gasteiger partial charge in [-0.05, 0) is 45.3 Å². The topological polar surface area (TPSA) is 60.8 Å². The van der Waals surface area contributed by atoms with E-state index in [0.717, 1.165) is 12.3 Å². The molecule has 0 saturated carbocycles. The van der Waals surface area contributed by atoms with Gasteiger partial charge in [0.25, 0.3) is 0 Å². The molecule has 7 heteroatoms. The van der Waals surface area contributed by atoms with Crippen LogP contribution in [0.5, 0.6) is 0 Å². The molecule has 0 aliphatic carbocycles. The molecule has 1 fully saturated rings.